The largest absolute Gasteiger partial charge is 0.347 e. The van der Waals surface area contributed by atoms with Crippen molar-refractivity contribution < 1.29 is 4.79 Å². The van der Waals surface area contributed by atoms with E-state index in [1.54, 1.807) is 23.5 Å². The fourth-order valence-corrected chi connectivity index (χ4v) is 2.98. The van der Waals surface area contributed by atoms with Gasteiger partial charge in [-0.2, -0.15) is 0 Å². The van der Waals surface area contributed by atoms with Gasteiger partial charge < -0.3 is 5.32 Å². The number of carbonyl (C=O) groups is 1. The number of halogens is 1. The summed E-state index contributed by atoms with van der Waals surface area (Å²) in [4.78, 5) is 13.7. The standard InChI is InChI=1S/C12H10BrNOS2/c13-9-5-11(17-7-9)6-14-12(15)8-2-1-3-10(16)4-8/h1-5,7,16H,6H2,(H,14,15). The predicted molar refractivity (Wildman–Crippen MR) is 76.9 cm³/mol. The highest BCUT2D eigenvalue weighted by atomic mass is 79.9. The Labute approximate surface area is 118 Å². The molecule has 1 N–H and O–H groups in total. The molecule has 17 heavy (non-hydrogen) atoms. The summed E-state index contributed by atoms with van der Waals surface area (Å²) in [5.41, 5.74) is 0.633. The second-order valence-electron chi connectivity index (χ2n) is 3.46. The van der Waals surface area contributed by atoms with Crippen molar-refractivity contribution in [3.63, 3.8) is 0 Å². The van der Waals surface area contributed by atoms with Gasteiger partial charge in [-0.1, -0.05) is 6.07 Å². The quantitative estimate of drug-likeness (QED) is 0.826. The van der Waals surface area contributed by atoms with Gasteiger partial charge in [-0.15, -0.1) is 24.0 Å². The molecular formula is C12H10BrNOS2. The molecule has 0 fully saturated rings. The van der Waals surface area contributed by atoms with Gasteiger partial charge in [-0.3, -0.25) is 4.79 Å². The molecule has 1 aromatic carbocycles. The van der Waals surface area contributed by atoms with Crippen LogP contribution in [0.3, 0.4) is 0 Å². The van der Waals surface area contributed by atoms with Crippen LogP contribution in [0.15, 0.2) is 45.1 Å². The van der Waals surface area contributed by atoms with Gasteiger partial charge in [0, 0.05) is 25.2 Å². The van der Waals surface area contributed by atoms with Crippen LogP contribution in [0.5, 0.6) is 0 Å². The Bertz CT molecular complexity index is 539. The maximum absolute atomic E-state index is 11.8. The molecule has 0 spiro atoms. The van der Waals surface area contributed by atoms with E-state index in [2.05, 4.69) is 33.9 Å². The van der Waals surface area contributed by atoms with Crippen molar-refractivity contribution in [3.8, 4) is 0 Å². The molecule has 0 aliphatic carbocycles. The zero-order valence-electron chi connectivity index (χ0n) is 8.81. The number of amides is 1. The first-order valence-electron chi connectivity index (χ1n) is 4.95. The number of rotatable bonds is 3. The molecule has 0 saturated carbocycles. The van der Waals surface area contributed by atoms with Gasteiger partial charge in [0.1, 0.15) is 0 Å². The van der Waals surface area contributed by atoms with Gasteiger partial charge in [0.05, 0.1) is 6.54 Å². The number of carbonyl (C=O) groups excluding carboxylic acids is 1. The highest BCUT2D eigenvalue weighted by molar-refractivity contribution is 9.10. The first kappa shape index (κ1) is 12.7. The summed E-state index contributed by atoms with van der Waals surface area (Å²) in [6, 6.07) is 9.19. The molecule has 0 saturated heterocycles. The van der Waals surface area contributed by atoms with Crippen LogP contribution in [-0.4, -0.2) is 5.91 Å². The molecule has 0 aliphatic rings. The van der Waals surface area contributed by atoms with Crippen molar-refractivity contribution in [3.05, 3.63) is 50.6 Å². The van der Waals surface area contributed by atoms with Crippen LogP contribution in [0.4, 0.5) is 0 Å². The molecule has 5 heteroatoms. The zero-order valence-corrected chi connectivity index (χ0v) is 12.1. The molecular weight excluding hydrogens is 318 g/mol. The van der Waals surface area contributed by atoms with E-state index in [-0.39, 0.29) is 5.91 Å². The lowest BCUT2D eigenvalue weighted by molar-refractivity contribution is 0.0951. The molecule has 1 heterocycles. The highest BCUT2D eigenvalue weighted by Gasteiger charge is 2.05. The molecule has 0 radical (unpaired) electrons. The number of hydrogen-bond donors (Lipinski definition) is 2. The van der Waals surface area contributed by atoms with Crippen LogP contribution in [0.2, 0.25) is 0 Å². The van der Waals surface area contributed by atoms with Crippen molar-refractivity contribution in [2.24, 2.45) is 0 Å². The molecule has 1 amide bonds. The van der Waals surface area contributed by atoms with Crippen LogP contribution in [0.25, 0.3) is 0 Å². The third-order valence-electron chi connectivity index (χ3n) is 2.15. The summed E-state index contributed by atoms with van der Waals surface area (Å²) in [5.74, 6) is -0.0783. The normalized spacial score (nSPS) is 10.2. The number of thiol groups is 1. The minimum atomic E-state index is -0.0783. The summed E-state index contributed by atoms with van der Waals surface area (Å²) in [6.07, 6.45) is 0. The zero-order chi connectivity index (χ0) is 12.3. The van der Waals surface area contributed by atoms with Crippen LogP contribution >= 0.6 is 39.9 Å². The topological polar surface area (TPSA) is 29.1 Å². The molecule has 0 bridgehead atoms. The fourth-order valence-electron chi connectivity index (χ4n) is 1.36. The van der Waals surface area contributed by atoms with Gasteiger partial charge in [-0.05, 0) is 40.2 Å². The van der Waals surface area contributed by atoms with E-state index in [0.717, 1.165) is 14.2 Å². The second-order valence-corrected chi connectivity index (χ2v) is 5.89. The van der Waals surface area contributed by atoms with E-state index in [4.69, 9.17) is 0 Å². The predicted octanol–water partition coefficient (Wildman–Crippen LogP) is 3.73. The number of benzene rings is 1. The Morgan fingerprint density at radius 3 is 2.88 bits per heavy atom. The third kappa shape index (κ3) is 3.59. The summed E-state index contributed by atoms with van der Waals surface area (Å²) in [6.45, 7) is 0.548. The Kier molecular flexibility index (Phi) is 4.25. The maximum atomic E-state index is 11.8. The van der Waals surface area contributed by atoms with Gasteiger partial charge in [0.2, 0.25) is 0 Å². The minimum absolute atomic E-state index is 0.0783. The summed E-state index contributed by atoms with van der Waals surface area (Å²) in [7, 11) is 0. The SMILES string of the molecule is O=C(NCc1cc(Br)cs1)c1cccc(S)c1. The van der Waals surface area contributed by atoms with Crippen molar-refractivity contribution in [1.82, 2.24) is 5.32 Å². The number of thiophene rings is 1. The third-order valence-corrected chi connectivity index (χ3v) is 4.13. The van der Waals surface area contributed by atoms with Crippen LogP contribution in [0.1, 0.15) is 15.2 Å². The fraction of sp³-hybridized carbons (Fsp3) is 0.0833. The monoisotopic (exact) mass is 327 g/mol. The summed E-state index contributed by atoms with van der Waals surface area (Å²) < 4.78 is 1.05. The van der Waals surface area contributed by atoms with Crippen molar-refractivity contribution >= 4 is 45.8 Å². The average molecular weight is 328 g/mol. The van der Waals surface area contributed by atoms with Crippen LogP contribution in [-0.2, 0) is 6.54 Å². The van der Waals surface area contributed by atoms with E-state index in [1.165, 1.54) is 0 Å². The highest BCUT2D eigenvalue weighted by Crippen LogP contribution is 2.19. The summed E-state index contributed by atoms with van der Waals surface area (Å²) in [5, 5.41) is 4.87. The first-order valence-corrected chi connectivity index (χ1v) is 7.07. The molecule has 0 atom stereocenters. The molecule has 2 rings (SSSR count). The molecule has 2 aromatic rings. The Morgan fingerprint density at radius 2 is 2.24 bits per heavy atom. The molecule has 88 valence electrons. The lowest BCUT2D eigenvalue weighted by atomic mass is 10.2. The molecule has 0 unspecified atom stereocenters. The van der Waals surface area contributed by atoms with Gasteiger partial charge in [-0.25, -0.2) is 0 Å². The smallest absolute Gasteiger partial charge is 0.251 e. The molecule has 0 aliphatic heterocycles. The van der Waals surface area contributed by atoms with E-state index in [1.807, 2.05) is 23.6 Å². The van der Waals surface area contributed by atoms with Crippen LogP contribution in [0, 0.1) is 0 Å². The molecule has 2 nitrogen and oxygen atoms in total. The van der Waals surface area contributed by atoms with Crippen molar-refractivity contribution in [2.45, 2.75) is 11.4 Å². The van der Waals surface area contributed by atoms with Gasteiger partial charge >= 0.3 is 0 Å². The van der Waals surface area contributed by atoms with E-state index < -0.39 is 0 Å². The van der Waals surface area contributed by atoms with Gasteiger partial charge in [0.15, 0.2) is 0 Å². The summed E-state index contributed by atoms with van der Waals surface area (Å²) >= 11 is 9.20. The second kappa shape index (κ2) is 5.71. The number of nitrogens with one attached hydrogen (secondary N) is 1. The minimum Gasteiger partial charge on any atom is -0.347 e. The Morgan fingerprint density at radius 1 is 1.41 bits per heavy atom. The van der Waals surface area contributed by atoms with E-state index >= 15 is 0 Å². The van der Waals surface area contributed by atoms with Crippen LogP contribution < -0.4 is 5.32 Å². The Hall–Kier alpha value is -0.780. The first-order chi connectivity index (χ1) is 8.15. The van der Waals surface area contributed by atoms with E-state index in [0.29, 0.717) is 12.1 Å². The van der Waals surface area contributed by atoms with Gasteiger partial charge in [0.25, 0.3) is 5.91 Å². The van der Waals surface area contributed by atoms with Crippen molar-refractivity contribution in [1.29, 1.82) is 0 Å². The lowest BCUT2D eigenvalue weighted by Crippen LogP contribution is -2.22. The average Bonchev–Trinajstić information content (AvgIpc) is 2.72. The van der Waals surface area contributed by atoms with Crippen molar-refractivity contribution in [2.75, 3.05) is 0 Å². The maximum Gasteiger partial charge on any atom is 0.251 e. The van der Waals surface area contributed by atoms with E-state index in [9.17, 15) is 4.79 Å². The lowest BCUT2D eigenvalue weighted by Gasteiger charge is -2.03. The number of hydrogen-bond acceptors (Lipinski definition) is 3. The Balaban J connectivity index is 1.98. The molecule has 1 aromatic heterocycles.